The van der Waals surface area contributed by atoms with Crippen molar-refractivity contribution in [2.24, 2.45) is 0 Å². The Bertz CT molecular complexity index is 1700. The molecule has 0 aliphatic carbocycles. The lowest BCUT2D eigenvalue weighted by atomic mass is 9.98. The van der Waals surface area contributed by atoms with E-state index in [-0.39, 0.29) is 29.5 Å². The summed E-state index contributed by atoms with van der Waals surface area (Å²) in [5.74, 6) is 0.339. The first-order valence-corrected chi connectivity index (χ1v) is 16.5. The maximum atomic E-state index is 16.3. The lowest BCUT2D eigenvalue weighted by Gasteiger charge is -2.15. The molecule has 14 heteroatoms. The van der Waals surface area contributed by atoms with E-state index in [1.807, 2.05) is 18.2 Å². The van der Waals surface area contributed by atoms with Gasteiger partial charge in [-0.3, -0.25) is 19.6 Å². The molecule has 12 nitrogen and oxygen atoms in total. The number of methoxy groups -OCH3 is 2. The average molecular weight is 720 g/mol. The molecule has 0 radical (unpaired) electrons. The van der Waals surface area contributed by atoms with Crippen molar-refractivity contribution in [2.45, 2.75) is 50.9 Å². The summed E-state index contributed by atoms with van der Waals surface area (Å²) in [6.07, 6.45) is 5.87. The molecule has 2 amide bonds. The molecule has 0 saturated carbocycles. The number of ether oxygens (including phenoxy) is 2. The molecular formula is C34H36BrFN8O4. The predicted molar refractivity (Wildman–Crippen MR) is 180 cm³/mol. The van der Waals surface area contributed by atoms with Crippen LogP contribution in [-0.4, -0.2) is 71.1 Å². The van der Waals surface area contributed by atoms with E-state index in [0.29, 0.717) is 94.7 Å². The van der Waals surface area contributed by atoms with Gasteiger partial charge < -0.3 is 30.7 Å². The highest BCUT2D eigenvalue weighted by Crippen LogP contribution is 2.39. The number of rotatable bonds is 13. The number of hydrogen-bond donors (Lipinski definition) is 4. The van der Waals surface area contributed by atoms with E-state index < -0.39 is 5.82 Å². The normalized spacial score (nSPS) is 17.3. The molecule has 2 aromatic heterocycles. The molecule has 250 valence electrons. The van der Waals surface area contributed by atoms with Crippen LogP contribution in [0.3, 0.4) is 0 Å². The molecule has 4 heterocycles. The molecule has 2 atom stereocenters. The zero-order chi connectivity index (χ0) is 33.6. The minimum absolute atomic E-state index is 0.0622. The summed E-state index contributed by atoms with van der Waals surface area (Å²) < 4.78 is 28.0. The van der Waals surface area contributed by atoms with Crippen molar-refractivity contribution in [1.29, 1.82) is 0 Å². The highest BCUT2D eigenvalue weighted by atomic mass is 79.9. The molecule has 0 unspecified atom stereocenters. The number of benzene rings is 2. The van der Waals surface area contributed by atoms with Crippen LogP contribution < -0.4 is 30.7 Å². The van der Waals surface area contributed by atoms with Crippen LogP contribution in [0.15, 0.2) is 53.3 Å². The van der Waals surface area contributed by atoms with E-state index in [9.17, 15) is 9.59 Å². The van der Waals surface area contributed by atoms with Gasteiger partial charge in [-0.25, -0.2) is 14.4 Å². The maximum Gasteiger partial charge on any atom is 0.237 e. The van der Waals surface area contributed by atoms with Crippen LogP contribution in [0.4, 0.5) is 4.39 Å². The number of nitrogens with one attached hydrogen (secondary N) is 4. The minimum Gasteiger partial charge on any atom is -0.480 e. The number of aromatic nitrogens is 4. The van der Waals surface area contributed by atoms with Gasteiger partial charge in [0.05, 0.1) is 38.0 Å². The number of amides is 2. The molecule has 2 aromatic carbocycles. The van der Waals surface area contributed by atoms with Crippen molar-refractivity contribution < 1.29 is 23.5 Å². The number of nitrogens with zero attached hydrogens (tertiary/aromatic N) is 4. The van der Waals surface area contributed by atoms with Crippen LogP contribution in [0.25, 0.3) is 33.6 Å². The predicted octanol–water partition coefficient (Wildman–Crippen LogP) is 3.92. The van der Waals surface area contributed by atoms with Crippen molar-refractivity contribution in [2.75, 3.05) is 27.3 Å². The molecule has 6 rings (SSSR count). The zero-order valence-corrected chi connectivity index (χ0v) is 28.2. The average Bonchev–Trinajstić information content (AvgIpc) is 3.72. The first-order valence-electron chi connectivity index (χ1n) is 15.7. The maximum absolute atomic E-state index is 16.3. The van der Waals surface area contributed by atoms with E-state index in [1.165, 1.54) is 13.3 Å². The van der Waals surface area contributed by atoms with Crippen LogP contribution in [0.2, 0.25) is 0 Å². The van der Waals surface area contributed by atoms with Gasteiger partial charge >= 0.3 is 0 Å². The number of carbonyl (C=O) groups excluding carboxylic acids is 2. The fourth-order valence-electron chi connectivity index (χ4n) is 5.89. The second-order valence-electron chi connectivity index (χ2n) is 11.6. The fourth-order valence-corrected chi connectivity index (χ4v) is 6.57. The van der Waals surface area contributed by atoms with Crippen molar-refractivity contribution >= 4 is 27.7 Å². The summed E-state index contributed by atoms with van der Waals surface area (Å²) in [5, 5.41) is 12.5. The van der Waals surface area contributed by atoms with Gasteiger partial charge in [0.25, 0.3) is 0 Å². The van der Waals surface area contributed by atoms with Gasteiger partial charge in [0, 0.05) is 72.3 Å². The zero-order valence-electron chi connectivity index (χ0n) is 26.6. The Balaban J connectivity index is 1.20. The fraction of sp³-hybridized carbons (Fsp3) is 0.353. The quantitative estimate of drug-likeness (QED) is 0.160. The van der Waals surface area contributed by atoms with Crippen molar-refractivity contribution in [3.63, 3.8) is 0 Å². The van der Waals surface area contributed by atoms with Crippen LogP contribution in [0.1, 0.15) is 37.1 Å². The molecule has 2 fully saturated rings. The van der Waals surface area contributed by atoms with Gasteiger partial charge in [-0.1, -0.05) is 30.3 Å². The second kappa shape index (κ2) is 15.1. The summed E-state index contributed by atoms with van der Waals surface area (Å²) in [5.41, 5.74) is 4.09. The third kappa shape index (κ3) is 7.45. The van der Waals surface area contributed by atoms with E-state index in [4.69, 9.17) is 14.5 Å². The highest BCUT2D eigenvalue weighted by Gasteiger charge is 2.23. The molecule has 0 spiro atoms. The topological polar surface area (TPSA) is 152 Å². The number of hydrogen-bond acceptors (Lipinski definition) is 10. The van der Waals surface area contributed by atoms with Crippen molar-refractivity contribution in [3.05, 3.63) is 70.5 Å². The second-order valence-corrected chi connectivity index (χ2v) is 12.4. The molecule has 48 heavy (non-hydrogen) atoms. The van der Waals surface area contributed by atoms with Crippen LogP contribution in [0, 0.1) is 5.82 Å². The molecular weight excluding hydrogens is 683 g/mol. The summed E-state index contributed by atoms with van der Waals surface area (Å²) >= 11 is 3.70. The Morgan fingerprint density at radius 1 is 0.771 bits per heavy atom. The first kappa shape index (κ1) is 33.4. The molecule has 2 saturated heterocycles. The van der Waals surface area contributed by atoms with Gasteiger partial charge in [0.1, 0.15) is 17.2 Å². The Morgan fingerprint density at radius 3 is 1.75 bits per heavy atom. The van der Waals surface area contributed by atoms with Crippen molar-refractivity contribution in [3.8, 4) is 45.4 Å². The minimum atomic E-state index is -0.460. The van der Waals surface area contributed by atoms with Gasteiger partial charge in [0.2, 0.25) is 23.6 Å². The van der Waals surface area contributed by atoms with Gasteiger partial charge in [-0.15, -0.1) is 0 Å². The van der Waals surface area contributed by atoms with Crippen molar-refractivity contribution in [1.82, 2.24) is 41.2 Å². The lowest BCUT2D eigenvalue weighted by Crippen LogP contribution is -2.35. The molecule has 4 N–H and O–H groups in total. The van der Waals surface area contributed by atoms with E-state index in [0.717, 1.165) is 12.8 Å². The molecule has 4 aromatic rings. The molecule has 2 aliphatic heterocycles. The SMILES string of the molecule is COc1nc(-c2cccc(-c3cccc(-c4cnc(CNC[C@@H]5CCC(=O)N5)c(OC)n4)c3Br)c2F)cnc1CNC[C@@H]1CCC(=O)N1. The number of halogens is 2. The van der Waals surface area contributed by atoms with Crippen LogP contribution in [-0.2, 0) is 22.7 Å². The summed E-state index contributed by atoms with van der Waals surface area (Å²) in [6.45, 7) is 2.04. The van der Waals surface area contributed by atoms with Gasteiger partial charge in [0.15, 0.2) is 0 Å². The molecule has 0 bridgehead atoms. The monoisotopic (exact) mass is 718 g/mol. The first-order chi connectivity index (χ1) is 23.3. The Kier molecular flexibility index (Phi) is 10.5. The van der Waals surface area contributed by atoms with E-state index in [1.54, 1.807) is 31.5 Å². The third-order valence-electron chi connectivity index (χ3n) is 8.39. The van der Waals surface area contributed by atoms with Gasteiger partial charge in [-0.05, 0) is 40.4 Å². The molecule has 2 aliphatic rings. The standard InChI is InChI=1S/C34H36BrFN8O4/c1-47-33-27(15-37-13-19-9-11-29(45)41-19)39-17-25(43-33)23-7-3-5-21(31(23)35)22-6-4-8-24(32(22)36)26-18-40-28(34(44-26)48-2)16-38-14-20-10-12-30(46)42-20/h3-8,17-20,37-38H,9-16H2,1-2H3,(H,41,45)(H,42,46)/t19-,20-/m0/s1. The van der Waals surface area contributed by atoms with E-state index in [2.05, 4.69) is 52.1 Å². The van der Waals surface area contributed by atoms with Gasteiger partial charge in [-0.2, -0.15) is 0 Å². The smallest absolute Gasteiger partial charge is 0.237 e. The highest BCUT2D eigenvalue weighted by molar-refractivity contribution is 9.10. The summed E-state index contributed by atoms with van der Waals surface area (Å²) in [6, 6.07) is 10.9. The Labute approximate surface area is 285 Å². The summed E-state index contributed by atoms with van der Waals surface area (Å²) in [4.78, 5) is 41.4. The number of carbonyl (C=O) groups is 2. The Morgan fingerprint density at radius 2 is 1.25 bits per heavy atom. The summed E-state index contributed by atoms with van der Waals surface area (Å²) in [7, 11) is 3.04. The largest absolute Gasteiger partial charge is 0.480 e. The van der Waals surface area contributed by atoms with E-state index >= 15 is 4.39 Å². The van der Waals surface area contributed by atoms with Crippen LogP contribution >= 0.6 is 15.9 Å². The Hall–Kier alpha value is -4.53. The third-order valence-corrected chi connectivity index (χ3v) is 9.24. The van der Waals surface area contributed by atoms with Crippen LogP contribution in [0.5, 0.6) is 11.8 Å². The lowest BCUT2D eigenvalue weighted by molar-refractivity contribution is -0.120.